The van der Waals surface area contributed by atoms with Gasteiger partial charge in [0, 0.05) is 32.3 Å². The number of fused-ring (bicyclic) bond motifs is 1. The Hall–Kier alpha value is -2.97. The molecule has 0 bridgehead atoms. The van der Waals surface area contributed by atoms with Crippen LogP contribution in [0.5, 0.6) is 0 Å². The Kier molecular flexibility index (Phi) is 3.03. The lowest BCUT2D eigenvalue weighted by Gasteiger charge is -2.34. The lowest BCUT2D eigenvalue weighted by atomic mass is 10.3. The second-order valence-electron chi connectivity index (χ2n) is 6.63. The van der Waals surface area contributed by atoms with E-state index in [9.17, 15) is 4.79 Å². The highest BCUT2D eigenvalue weighted by molar-refractivity contribution is 5.97. The van der Waals surface area contributed by atoms with Crippen LogP contribution in [0, 0.1) is 0 Å². The molecule has 1 saturated carbocycles. The topological polar surface area (TPSA) is 84.5 Å². The van der Waals surface area contributed by atoms with E-state index in [4.69, 9.17) is 0 Å². The first-order chi connectivity index (χ1) is 12.2. The molecule has 2 aliphatic rings. The molecule has 0 aromatic carbocycles. The van der Waals surface area contributed by atoms with E-state index < -0.39 is 0 Å². The van der Waals surface area contributed by atoms with E-state index >= 15 is 0 Å². The first-order valence-electron chi connectivity index (χ1n) is 8.45. The van der Waals surface area contributed by atoms with Crippen LogP contribution in [-0.2, 0) is 11.8 Å². The van der Waals surface area contributed by atoms with Gasteiger partial charge in [-0.1, -0.05) is 0 Å². The maximum atomic E-state index is 12.6. The van der Waals surface area contributed by atoms with Crippen molar-refractivity contribution in [3.05, 3.63) is 30.4 Å². The largest absolute Gasteiger partial charge is 0.344 e. The normalized spacial score (nSPS) is 18.4. The van der Waals surface area contributed by atoms with Crippen LogP contribution in [0.4, 0.5) is 11.5 Å². The van der Waals surface area contributed by atoms with Crippen LogP contribution in [0.15, 0.2) is 24.5 Å². The molecular weight excluding hydrogens is 320 g/mol. The first kappa shape index (κ1) is 14.4. The van der Waals surface area contributed by atoms with Crippen molar-refractivity contribution in [2.75, 3.05) is 29.4 Å². The van der Waals surface area contributed by atoms with Gasteiger partial charge < -0.3 is 9.80 Å². The predicted octanol–water partition coefficient (Wildman–Crippen LogP) is 0.588. The van der Waals surface area contributed by atoms with E-state index in [-0.39, 0.29) is 5.91 Å². The Morgan fingerprint density at radius 2 is 2.04 bits per heavy atom. The van der Waals surface area contributed by atoms with Gasteiger partial charge in [-0.25, -0.2) is 0 Å². The molecule has 128 valence electrons. The first-order valence-corrected chi connectivity index (χ1v) is 8.45. The van der Waals surface area contributed by atoms with Gasteiger partial charge in [-0.3, -0.25) is 9.48 Å². The summed E-state index contributed by atoms with van der Waals surface area (Å²) in [6.07, 6.45) is 5.87. The van der Waals surface area contributed by atoms with Crippen LogP contribution in [0.1, 0.15) is 24.6 Å². The number of carbonyl (C=O) groups is 1. The number of carbonyl (C=O) groups excluding carboxylic acids is 1. The quantitative estimate of drug-likeness (QED) is 0.695. The Labute approximate surface area is 143 Å². The number of amides is 1. The summed E-state index contributed by atoms with van der Waals surface area (Å²) in [5.41, 5.74) is 1.59. The molecule has 0 atom stereocenters. The number of hydrogen-bond donors (Lipinski definition) is 0. The molecule has 4 heterocycles. The van der Waals surface area contributed by atoms with Crippen molar-refractivity contribution in [1.29, 1.82) is 0 Å². The summed E-state index contributed by atoms with van der Waals surface area (Å²) >= 11 is 0. The minimum atomic E-state index is 0.0484. The Bertz CT molecular complexity index is 956. The molecule has 5 rings (SSSR count). The molecule has 0 unspecified atom stereocenters. The summed E-state index contributed by atoms with van der Waals surface area (Å²) in [7, 11) is 1.85. The SMILES string of the molecule is Cn1cc(N2CCN(c3ccc4nnc(C5CC5)n4n3)CC2=O)cn1. The second-order valence-corrected chi connectivity index (χ2v) is 6.63. The molecule has 0 radical (unpaired) electrons. The lowest BCUT2D eigenvalue weighted by Crippen LogP contribution is -2.51. The summed E-state index contributed by atoms with van der Waals surface area (Å²) in [6.45, 7) is 1.64. The molecule has 1 saturated heterocycles. The van der Waals surface area contributed by atoms with E-state index in [1.807, 2.05) is 34.8 Å². The fourth-order valence-electron chi connectivity index (χ4n) is 3.25. The Balaban J connectivity index is 1.40. The lowest BCUT2D eigenvalue weighted by molar-refractivity contribution is -0.117. The maximum absolute atomic E-state index is 12.6. The molecule has 3 aromatic rings. The fraction of sp³-hybridized carbons (Fsp3) is 0.438. The molecule has 0 N–H and O–H groups in total. The number of aromatic nitrogens is 6. The maximum Gasteiger partial charge on any atom is 0.246 e. The van der Waals surface area contributed by atoms with Gasteiger partial charge in [-0.05, 0) is 25.0 Å². The predicted molar refractivity (Wildman–Crippen MR) is 90.5 cm³/mol. The Morgan fingerprint density at radius 1 is 1.16 bits per heavy atom. The van der Waals surface area contributed by atoms with Gasteiger partial charge in [0.2, 0.25) is 5.91 Å². The van der Waals surface area contributed by atoms with E-state index in [0.29, 0.717) is 19.0 Å². The van der Waals surface area contributed by atoms with Gasteiger partial charge in [0.15, 0.2) is 11.5 Å². The van der Waals surface area contributed by atoms with Gasteiger partial charge in [0.1, 0.15) is 5.82 Å². The zero-order valence-corrected chi connectivity index (χ0v) is 13.9. The van der Waals surface area contributed by atoms with E-state index in [1.165, 1.54) is 0 Å². The second kappa shape index (κ2) is 5.27. The van der Waals surface area contributed by atoms with Crippen LogP contribution in [0.2, 0.25) is 0 Å². The van der Waals surface area contributed by atoms with Crippen molar-refractivity contribution in [3.63, 3.8) is 0 Å². The summed E-state index contributed by atoms with van der Waals surface area (Å²) < 4.78 is 3.53. The van der Waals surface area contributed by atoms with Crippen LogP contribution >= 0.6 is 0 Å². The number of anilines is 2. The number of aryl methyl sites for hydroxylation is 1. The number of piperazine rings is 1. The van der Waals surface area contributed by atoms with E-state index in [0.717, 1.165) is 42.4 Å². The van der Waals surface area contributed by atoms with Crippen molar-refractivity contribution in [3.8, 4) is 0 Å². The van der Waals surface area contributed by atoms with E-state index in [2.05, 4.69) is 20.4 Å². The molecular formula is C16H18N8O. The summed E-state index contributed by atoms with van der Waals surface area (Å²) in [6, 6.07) is 3.83. The molecule has 1 amide bonds. The minimum Gasteiger partial charge on any atom is -0.344 e. The molecule has 1 aliphatic carbocycles. The molecule has 9 nitrogen and oxygen atoms in total. The van der Waals surface area contributed by atoms with Crippen LogP contribution < -0.4 is 9.80 Å². The molecule has 1 aliphatic heterocycles. The zero-order valence-electron chi connectivity index (χ0n) is 13.9. The van der Waals surface area contributed by atoms with Crippen LogP contribution in [0.3, 0.4) is 0 Å². The monoisotopic (exact) mass is 338 g/mol. The fourth-order valence-corrected chi connectivity index (χ4v) is 3.25. The zero-order chi connectivity index (χ0) is 17.0. The molecule has 25 heavy (non-hydrogen) atoms. The molecule has 0 spiro atoms. The highest BCUT2D eigenvalue weighted by Crippen LogP contribution is 2.38. The third kappa shape index (κ3) is 2.43. The van der Waals surface area contributed by atoms with Crippen molar-refractivity contribution in [1.82, 2.24) is 29.6 Å². The molecule has 2 fully saturated rings. The summed E-state index contributed by atoms with van der Waals surface area (Å²) in [5, 5.41) is 17.3. The van der Waals surface area contributed by atoms with Gasteiger partial charge in [-0.2, -0.15) is 9.61 Å². The third-order valence-electron chi connectivity index (χ3n) is 4.76. The molecule has 9 heteroatoms. The highest BCUT2D eigenvalue weighted by Gasteiger charge is 2.30. The van der Waals surface area contributed by atoms with Crippen LogP contribution in [-0.4, -0.2) is 55.1 Å². The highest BCUT2D eigenvalue weighted by atomic mass is 16.2. The minimum absolute atomic E-state index is 0.0484. The number of nitrogens with zero attached hydrogens (tertiary/aromatic N) is 8. The van der Waals surface area contributed by atoms with Crippen molar-refractivity contribution in [2.45, 2.75) is 18.8 Å². The van der Waals surface area contributed by atoms with Crippen molar-refractivity contribution >= 4 is 23.1 Å². The third-order valence-corrected chi connectivity index (χ3v) is 4.76. The van der Waals surface area contributed by atoms with E-state index in [1.54, 1.807) is 15.8 Å². The van der Waals surface area contributed by atoms with Crippen molar-refractivity contribution in [2.24, 2.45) is 7.05 Å². The number of rotatable bonds is 3. The van der Waals surface area contributed by atoms with Gasteiger partial charge >= 0.3 is 0 Å². The summed E-state index contributed by atoms with van der Waals surface area (Å²) in [5.74, 6) is 2.24. The van der Waals surface area contributed by atoms with Gasteiger partial charge in [0.05, 0.1) is 18.4 Å². The average molecular weight is 338 g/mol. The standard InChI is InChI=1S/C16H18N8O/c1-21-9-12(8-17-21)23-7-6-22(10-15(23)25)14-5-4-13-18-19-16(11-2-3-11)24(13)20-14/h4-5,8-9,11H,2-3,6-7,10H2,1H3. The average Bonchev–Trinajstić information content (AvgIpc) is 3.23. The Morgan fingerprint density at radius 3 is 2.76 bits per heavy atom. The molecule has 3 aromatic heterocycles. The smallest absolute Gasteiger partial charge is 0.246 e. The van der Waals surface area contributed by atoms with Gasteiger partial charge in [-0.15, -0.1) is 15.3 Å². The number of hydrogen-bond acceptors (Lipinski definition) is 6. The van der Waals surface area contributed by atoms with Crippen LogP contribution in [0.25, 0.3) is 5.65 Å². The van der Waals surface area contributed by atoms with Gasteiger partial charge in [0.25, 0.3) is 0 Å². The summed E-state index contributed by atoms with van der Waals surface area (Å²) in [4.78, 5) is 16.4. The van der Waals surface area contributed by atoms with Crippen molar-refractivity contribution < 1.29 is 4.79 Å².